The van der Waals surface area contributed by atoms with Gasteiger partial charge in [0.1, 0.15) is 0 Å². The SMILES string of the molecule is CC=C=CS. The van der Waals surface area contributed by atoms with Crippen molar-refractivity contribution in [3.8, 4) is 0 Å². The normalized spacial score (nSPS) is 5.20. The van der Waals surface area contributed by atoms with E-state index in [2.05, 4.69) is 18.4 Å². The Morgan fingerprint density at radius 2 is 2.40 bits per heavy atom. The molecule has 0 unspecified atom stereocenters. The second kappa shape index (κ2) is 3.87. The minimum absolute atomic E-state index is 1.57. The largest absolute Gasteiger partial charge is 0.143 e. The van der Waals surface area contributed by atoms with Gasteiger partial charge in [0.15, 0.2) is 0 Å². The van der Waals surface area contributed by atoms with Gasteiger partial charge in [0, 0.05) is 5.41 Å². The van der Waals surface area contributed by atoms with Gasteiger partial charge in [-0.1, -0.05) is 0 Å². The maximum absolute atomic E-state index is 3.73. The van der Waals surface area contributed by atoms with E-state index in [1.807, 2.05) is 6.92 Å². The maximum Gasteiger partial charge on any atom is 0.00931 e. The van der Waals surface area contributed by atoms with E-state index < -0.39 is 0 Å². The van der Waals surface area contributed by atoms with Crippen LogP contribution in [-0.4, -0.2) is 0 Å². The lowest BCUT2D eigenvalue weighted by molar-refractivity contribution is 1.78. The van der Waals surface area contributed by atoms with E-state index >= 15 is 0 Å². The first-order chi connectivity index (χ1) is 2.41. The molecule has 28 valence electrons. The average Bonchev–Trinajstić information content (AvgIpc) is 1.41. The smallest absolute Gasteiger partial charge is 0.00931 e. The molecule has 0 heterocycles. The molecule has 0 rings (SSSR count). The zero-order chi connectivity index (χ0) is 4.12. The van der Waals surface area contributed by atoms with Gasteiger partial charge in [-0.2, -0.15) is 0 Å². The standard InChI is InChI=1S/C4H6S/c1-2-3-4-5/h2,4-5H,1H3. The molecule has 0 aromatic heterocycles. The summed E-state index contributed by atoms with van der Waals surface area (Å²) in [6, 6.07) is 0. The van der Waals surface area contributed by atoms with Gasteiger partial charge in [-0.25, -0.2) is 0 Å². The lowest BCUT2D eigenvalue weighted by Gasteiger charge is -1.48. The molecular formula is C4H6S. The summed E-state index contributed by atoms with van der Waals surface area (Å²) in [4.78, 5) is 0. The summed E-state index contributed by atoms with van der Waals surface area (Å²) >= 11 is 3.73. The van der Waals surface area contributed by atoms with Crippen molar-refractivity contribution in [2.45, 2.75) is 6.92 Å². The van der Waals surface area contributed by atoms with Crippen molar-refractivity contribution in [3.05, 3.63) is 17.2 Å². The van der Waals surface area contributed by atoms with Crippen LogP contribution in [0.1, 0.15) is 6.92 Å². The third-order valence-electron chi connectivity index (χ3n) is 0.241. The summed E-state index contributed by atoms with van der Waals surface area (Å²) in [7, 11) is 0. The van der Waals surface area contributed by atoms with E-state index in [0.717, 1.165) is 0 Å². The Hall–Kier alpha value is -0.130. The Balaban J connectivity index is 3.26. The molecule has 0 aliphatic heterocycles. The zero-order valence-corrected chi connectivity index (χ0v) is 4.00. The van der Waals surface area contributed by atoms with Crippen LogP contribution < -0.4 is 0 Å². The molecule has 0 amide bonds. The van der Waals surface area contributed by atoms with Crippen molar-refractivity contribution in [1.29, 1.82) is 0 Å². The summed E-state index contributed by atoms with van der Waals surface area (Å²) in [5.74, 6) is 0. The van der Waals surface area contributed by atoms with Crippen LogP contribution in [0.4, 0.5) is 0 Å². The Kier molecular flexibility index (Phi) is 3.77. The van der Waals surface area contributed by atoms with Crippen molar-refractivity contribution in [2.24, 2.45) is 0 Å². The molecule has 0 bridgehead atoms. The zero-order valence-electron chi connectivity index (χ0n) is 3.10. The molecule has 1 heteroatoms. The van der Waals surface area contributed by atoms with Crippen LogP contribution in [0.3, 0.4) is 0 Å². The molecule has 0 saturated carbocycles. The molecule has 0 aromatic rings. The van der Waals surface area contributed by atoms with Crippen molar-refractivity contribution < 1.29 is 0 Å². The van der Waals surface area contributed by atoms with Crippen LogP contribution in [0.2, 0.25) is 0 Å². The molecular weight excluding hydrogens is 80.1 g/mol. The number of hydrogen-bond acceptors (Lipinski definition) is 1. The van der Waals surface area contributed by atoms with Crippen LogP contribution in [-0.2, 0) is 0 Å². The van der Waals surface area contributed by atoms with Gasteiger partial charge in [0.25, 0.3) is 0 Å². The predicted molar refractivity (Wildman–Crippen MR) is 27.3 cm³/mol. The summed E-state index contributed by atoms with van der Waals surface area (Å²) in [5.41, 5.74) is 2.73. The predicted octanol–water partition coefficient (Wildman–Crippen LogP) is 1.60. The molecule has 5 heavy (non-hydrogen) atoms. The lowest BCUT2D eigenvalue weighted by atomic mass is 10.7. The number of allylic oxidation sites excluding steroid dienone is 1. The van der Waals surface area contributed by atoms with Crippen molar-refractivity contribution >= 4 is 12.6 Å². The highest BCUT2D eigenvalue weighted by atomic mass is 32.1. The number of rotatable bonds is 0. The minimum atomic E-state index is 1.57. The summed E-state index contributed by atoms with van der Waals surface area (Å²) in [6.07, 6.45) is 1.80. The monoisotopic (exact) mass is 86.0 g/mol. The first kappa shape index (κ1) is 4.87. The van der Waals surface area contributed by atoms with Crippen LogP contribution >= 0.6 is 12.6 Å². The summed E-state index contributed by atoms with van der Waals surface area (Å²) in [6.45, 7) is 1.90. The Morgan fingerprint density at radius 3 is 2.40 bits per heavy atom. The Labute approximate surface area is 37.6 Å². The first-order valence-electron chi connectivity index (χ1n) is 1.41. The Bertz CT molecular complexity index is 52.0. The molecule has 0 atom stereocenters. The van der Waals surface area contributed by atoms with Crippen molar-refractivity contribution in [1.82, 2.24) is 0 Å². The fourth-order valence-electron chi connectivity index (χ4n) is 0.0745. The molecule has 0 nitrogen and oxygen atoms in total. The highest BCUT2D eigenvalue weighted by Gasteiger charge is 1.36. The van der Waals surface area contributed by atoms with Crippen LogP contribution in [0.25, 0.3) is 0 Å². The van der Waals surface area contributed by atoms with Gasteiger partial charge in [-0.3, -0.25) is 0 Å². The summed E-state index contributed by atoms with van der Waals surface area (Å²) in [5, 5.41) is 1.57. The topological polar surface area (TPSA) is 0 Å². The van der Waals surface area contributed by atoms with E-state index in [1.54, 1.807) is 11.5 Å². The molecule has 0 spiro atoms. The van der Waals surface area contributed by atoms with E-state index in [1.165, 1.54) is 0 Å². The number of hydrogen-bond donors (Lipinski definition) is 1. The van der Waals surface area contributed by atoms with Gasteiger partial charge in [0.2, 0.25) is 0 Å². The third-order valence-corrected chi connectivity index (χ3v) is 0.390. The lowest BCUT2D eigenvalue weighted by Crippen LogP contribution is -1.22. The van der Waals surface area contributed by atoms with Gasteiger partial charge in [-0.05, 0) is 13.0 Å². The molecule has 0 aliphatic carbocycles. The van der Waals surface area contributed by atoms with Crippen LogP contribution in [0, 0.1) is 0 Å². The van der Waals surface area contributed by atoms with Gasteiger partial charge in [0.05, 0.1) is 0 Å². The van der Waals surface area contributed by atoms with Crippen molar-refractivity contribution in [2.75, 3.05) is 0 Å². The maximum atomic E-state index is 3.73. The van der Waals surface area contributed by atoms with Gasteiger partial charge in [-0.15, -0.1) is 18.4 Å². The highest BCUT2D eigenvalue weighted by molar-refractivity contribution is 7.83. The van der Waals surface area contributed by atoms with Crippen LogP contribution in [0.5, 0.6) is 0 Å². The van der Waals surface area contributed by atoms with E-state index in [9.17, 15) is 0 Å². The molecule has 0 aromatic carbocycles. The minimum Gasteiger partial charge on any atom is -0.143 e. The molecule has 0 saturated heterocycles. The molecule has 0 fully saturated rings. The molecule has 0 radical (unpaired) electrons. The highest BCUT2D eigenvalue weighted by Crippen LogP contribution is 1.67. The first-order valence-corrected chi connectivity index (χ1v) is 1.93. The second-order valence-corrected chi connectivity index (χ2v) is 0.843. The fraction of sp³-hybridized carbons (Fsp3) is 0.250. The second-order valence-electron chi connectivity index (χ2n) is 0.584. The van der Waals surface area contributed by atoms with Gasteiger partial charge >= 0.3 is 0 Å². The van der Waals surface area contributed by atoms with Gasteiger partial charge < -0.3 is 0 Å². The molecule has 0 N–H and O–H groups in total. The quantitative estimate of drug-likeness (QED) is 0.336. The van der Waals surface area contributed by atoms with Crippen LogP contribution in [0.15, 0.2) is 17.2 Å². The third kappa shape index (κ3) is 3.87. The molecule has 0 aliphatic rings. The van der Waals surface area contributed by atoms with E-state index in [0.29, 0.717) is 0 Å². The van der Waals surface area contributed by atoms with E-state index in [-0.39, 0.29) is 0 Å². The number of thiol groups is 1. The fourth-order valence-corrected chi connectivity index (χ4v) is 0.224. The van der Waals surface area contributed by atoms with Crippen molar-refractivity contribution in [3.63, 3.8) is 0 Å². The average molecular weight is 86.2 g/mol. The van der Waals surface area contributed by atoms with E-state index in [4.69, 9.17) is 0 Å². The Morgan fingerprint density at radius 1 is 1.80 bits per heavy atom. The summed E-state index contributed by atoms with van der Waals surface area (Å²) < 4.78 is 0.